The molecule has 2 amide bonds. The van der Waals surface area contributed by atoms with E-state index in [4.69, 9.17) is 28.4 Å². The number of nitrogens with zero attached hydrogens (tertiary/aromatic N) is 9. The number of aliphatic imine (C=N–C) groups is 2. The number of phenols is 4. The maximum Gasteiger partial charge on any atom is 0.334 e. The van der Waals surface area contributed by atoms with Crippen LogP contribution in [0.4, 0.5) is 11.4 Å². The lowest BCUT2D eigenvalue weighted by atomic mass is 9.90. The number of fused-ring (bicyclic) bond motifs is 2. The van der Waals surface area contributed by atoms with Crippen LogP contribution in [0.15, 0.2) is 131 Å². The molecule has 0 saturated carbocycles. The smallest absolute Gasteiger partial charge is 0.334 e. The summed E-state index contributed by atoms with van der Waals surface area (Å²) in [6.07, 6.45) is -4.50. The minimum atomic E-state index is -2.14. The molecule has 0 spiro atoms. The first-order chi connectivity index (χ1) is 50.9. The van der Waals surface area contributed by atoms with E-state index in [1.807, 2.05) is 29.2 Å². The number of aromatic nitrogens is 3. The highest BCUT2D eigenvalue weighted by molar-refractivity contribution is 6.53. The molecule has 4 aliphatic heterocycles. The van der Waals surface area contributed by atoms with Gasteiger partial charge < -0.3 is 104 Å². The summed E-state index contributed by atoms with van der Waals surface area (Å²) in [6, 6.07) is 19.2. The number of amides is 2. The lowest BCUT2D eigenvalue weighted by Gasteiger charge is -2.41. The monoisotopic (exact) mass is 1460 g/mol. The first-order valence-corrected chi connectivity index (χ1v) is 34.0. The van der Waals surface area contributed by atoms with Gasteiger partial charge in [0.15, 0.2) is 47.0 Å². The number of piperazine rings is 1. The van der Waals surface area contributed by atoms with Gasteiger partial charge in [-0.2, -0.15) is 0 Å². The Morgan fingerprint density at radius 3 is 1.89 bits per heavy atom. The molecule has 8 atom stereocenters. The second-order valence-corrected chi connectivity index (χ2v) is 25.0. The highest BCUT2D eigenvalue weighted by Gasteiger charge is 2.46. The van der Waals surface area contributed by atoms with Crippen molar-refractivity contribution in [3.63, 3.8) is 0 Å². The van der Waals surface area contributed by atoms with Crippen molar-refractivity contribution in [1.29, 1.82) is 0 Å². The lowest BCUT2D eigenvalue weighted by Crippen LogP contribution is -2.55. The van der Waals surface area contributed by atoms with Gasteiger partial charge in [0.05, 0.1) is 36.0 Å². The molecule has 33 heteroatoms. The van der Waals surface area contributed by atoms with Gasteiger partial charge in [0.2, 0.25) is 29.3 Å². The number of benzene rings is 5. The fourth-order valence-electron chi connectivity index (χ4n) is 12.7. The predicted octanol–water partition coefficient (Wildman–Crippen LogP) is 1.16. The number of phenolic OH excluding ortho intramolecular Hbond substituents is 4. The van der Waals surface area contributed by atoms with Crippen LogP contribution in [0.5, 0.6) is 34.5 Å². The van der Waals surface area contributed by atoms with Gasteiger partial charge in [-0.05, 0) is 93.6 Å². The third-order valence-electron chi connectivity index (χ3n) is 18.5. The van der Waals surface area contributed by atoms with Gasteiger partial charge in [0, 0.05) is 103 Å². The van der Waals surface area contributed by atoms with Gasteiger partial charge in [-0.25, -0.2) is 29.1 Å². The fraction of sp³-hybridized carbons (Fsp3) is 0.356. The molecule has 5 aliphatic rings. The number of ketones is 2. The van der Waals surface area contributed by atoms with E-state index >= 15 is 0 Å². The fourth-order valence-corrected chi connectivity index (χ4v) is 12.7. The molecule has 5 aromatic carbocycles. The van der Waals surface area contributed by atoms with Crippen LogP contribution < -0.4 is 30.3 Å². The molecule has 0 bridgehead atoms. The lowest BCUT2D eigenvalue weighted by molar-refractivity contribution is -0.228. The van der Waals surface area contributed by atoms with Gasteiger partial charge in [0.1, 0.15) is 74.1 Å². The SMILES string of the molecule is CCN(CC)c1ccc2c(c1)Oc1cc(N(CC)CC)ccc1C2=c1ccccc1=C(O)N1CCN(C(=O)COCc2cn(C[C@H]3O[C@@H](c4ccc(C(O)=N[C@H]5COC(=O)[C@@H](NC(=O)C6=CC=CC(=O)C6=O)COC(=O)[C@@H](N=C(O)c6cccc(O)c6O)COC5=O)c(O)c4O)[C@H](O)[C@@H](O)[C@@H]3O)nn2)CC1. The summed E-state index contributed by atoms with van der Waals surface area (Å²) >= 11 is 0. The van der Waals surface area contributed by atoms with E-state index < -0.39 is 161 Å². The summed E-state index contributed by atoms with van der Waals surface area (Å²) in [5.41, 5.74) is 2.60. The summed E-state index contributed by atoms with van der Waals surface area (Å²) in [4.78, 5) is 108. The maximum atomic E-state index is 13.8. The highest BCUT2D eigenvalue weighted by atomic mass is 16.6. The van der Waals surface area contributed by atoms with Crippen molar-refractivity contribution in [2.75, 3.05) is 88.6 Å². The Bertz CT molecular complexity index is 4590. The zero-order valence-electron chi connectivity index (χ0n) is 57.8. The van der Waals surface area contributed by atoms with E-state index in [-0.39, 0.29) is 50.3 Å². The third kappa shape index (κ3) is 16.1. The van der Waals surface area contributed by atoms with E-state index in [9.17, 15) is 84.6 Å². The number of aliphatic hydroxyl groups is 6. The van der Waals surface area contributed by atoms with Crippen molar-refractivity contribution in [1.82, 2.24) is 30.1 Å². The average molecular weight is 1460 g/mol. The molecule has 3 saturated heterocycles. The first kappa shape index (κ1) is 75.3. The quantitative estimate of drug-likeness (QED) is 0.00745. The third-order valence-corrected chi connectivity index (χ3v) is 18.5. The van der Waals surface area contributed by atoms with Crippen LogP contribution in [0, 0.1) is 0 Å². The van der Waals surface area contributed by atoms with Crippen LogP contribution >= 0.6 is 0 Å². The average Bonchev–Trinajstić information content (AvgIpc) is 0.859. The van der Waals surface area contributed by atoms with Crippen LogP contribution in [-0.2, 0) is 70.4 Å². The maximum absolute atomic E-state index is 13.8. The molecule has 33 nitrogen and oxygen atoms in total. The molecular formula is C73H78N10O23. The van der Waals surface area contributed by atoms with Crippen molar-refractivity contribution in [3.8, 4) is 34.5 Å². The molecule has 1 aromatic heterocycles. The van der Waals surface area contributed by atoms with Gasteiger partial charge in [-0.3, -0.25) is 19.2 Å². The van der Waals surface area contributed by atoms with Gasteiger partial charge in [-0.1, -0.05) is 41.6 Å². The van der Waals surface area contributed by atoms with Crippen molar-refractivity contribution in [2.24, 2.45) is 9.98 Å². The van der Waals surface area contributed by atoms with E-state index in [0.717, 1.165) is 102 Å². The molecule has 106 heavy (non-hydrogen) atoms. The number of para-hydroxylation sites is 1. The van der Waals surface area contributed by atoms with E-state index in [0.29, 0.717) is 29.8 Å². The number of ether oxygens (including phenoxy) is 6. The largest absolute Gasteiger partial charge is 0.504 e. The van der Waals surface area contributed by atoms with Crippen LogP contribution in [0.2, 0.25) is 0 Å². The molecule has 0 unspecified atom stereocenters. The second-order valence-electron chi connectivity index (χ2n) is 25.0. The molecule has 0 radical (unpaired) electrons. The number of aromatic hydroxyl groups is 4. The second kappa shape index (κ2) is 32.8. The van der Waals surface area contributed by atoms with Gasteiger partial charge in [0.25, 0.3) is 5.91 Å². The zero-order valence-corrected chi connectivity index (χ0v) is 57.8. The summed E-state index contributed by atoms with van der Waals surface area (Å²) in [5, 5.41) is 123. The molecule has 5 heterocycles. The van der Waals surface area contributed by atoms with Gasteiger partial charge >= 0.3 is 17.9 Å². The van der Waals surface area contributed by atoms with Crippen molar-refractivity contribution < 1.29 is 113 Å². The Morgan fingerprint density at radius 1 is 0.660 bits per heavy atom. The zero-order chi connectivity index (χ0) is 75.8. The number of anilines is 2. The molecule has 11 rings (SSSR count). The van der Waals surface area contributed by atoms with Crippen molar-refractivity contribution >= 4 is 75.9 Å². The number of nitrogens with one attached hydrogen (secondary N) is 1. The number of aliphatic hydroxyl groups excluding tert-OH is 6. The Hall–Kier alpha value is -11.9. The summed E-state index contributed by atoms with van der Waals surface area (Å²) in [5.74, 6) is -13.1. The van der Waals surface area contributed by atoms with E-state index in [1.165, 1.54) is 16.9 Å². The predicted molar refractivity (Wildman–Crippen MR) is 374 cm³/mol. The molecule has 6 aromatic rings. The Morgan fingerprint density at radius 2 is 1.25 bits per heavy atom. The minimum Gasteiger partial charge on any atom is -0.504 e. The Balaban J connectivity index is 0.736. The molecule has 11 N–H and O–H groups in total. The summed E-state index contributed by atoms with van der Waals surface area (Å²) in [7, 11) is 0. The van der Waals surface area contributed by atoms with Crippen LogP contribution in [0.1, 0.15) is 67.3 Å². The van der Waals surface area contributed by atoms with Gasteiger partial charge in [-0.15, -0.1) is 5.10 Å². The number of carbonyl (C=O) groups is 7. The van der Waals surface area contributed by atoms with Crippen molar-refractivity contribution in [2.45, 2.75) is 89.5 Å². The van der Waals surface area contributed by atoms with Crippen molar-refractivity contribution in [3.05, 3.63) is 165 Å². The Kier molecular flexibility index (Phi) is 23.3. The number of carbonyl (C=O) groups excluding carboxylic acids is 7. The van der Waals surface area contributed by atoms with E-state index in [2.05, 4.69) is 99.5 Å². The minimum absolute atomic E-state index is 0.0557. The number of rotatable bonds is 20. The van der Waals surface area contributed by atoms with E-state index in [1.54, 1.807) is 4.90 Å². The topological polar surface area (TPSA) is 458 Å². The highest BCUT2D eigenvalue weighted by Crippen LogP contribution is 2.46. The number of cyclic esters (lactones) is 3. The molecule has 1 aliphatic carbocycles. The number of Topliss-reactive ketones (excluding diaryl/α,β-unsaturated/α-hetero) is 1. The Labute approximate surface area is 604 Å². The molecular weight excluding hydrogens is 1380 g/mol. The van der Waals surface area contributed by atoms with Crippen LogP contribution in [0.25, 0.3) is 11.5 Å². The standard InChI is InChI=1S/C73H78N10O23/c1-5-79(6-2)39-19-21-43-54(29-39)105-55-30-40(80(7-3)8-4)20-22-44(55)58(43)41-13-9-10-14-42(41)70(97)82-27-25-81(26-28-82)57(86)37-101-33-38-31-83(78-77-38)32-56-63(91)64(92)65(93)66(106-56)45-23-24-48(62(90)61(45)89)69(96)76-51-36-104-72(99)49(74-67(94)46-15-11-17-52(84)59(46)87)34-102-71(98)50(35-103-73(51)100)75-68(95)47-16-12-18-53(85)60(47)88/h9-24,29-31,49-51,56,63-66,85,88-93,97H,5-8,25-28,32-37H2,1-4H3,(H,74,94)(H,75,95)(H,76,96)/t49-,50-,51-,56+,63+,64-,65+,66-/m0/s1. The summed E-state index contributed by atoms with van der Waals surface area (Å²) in [6.45, 7) is 8.64. The number of hydrogen-bond acceptors (Lipinski definition) is 28. The number of allylic oxidation sites excluding steroid dienone is 3. The molecule has 558 valence electrons. The summed E-state index contributed by atoms with van der Waals surface area (Å²) < 4.78 is 35.4. The number of esters is 3. The molecule has 3 fully saturated rings. The normalized spacial score (nSPS) is 21.9. The van der Waals surface area contributed by atoms with Crippen LogP contribution in [0.3, 0.4) is 0 Å². The van der Waals surface area contributed by atoms with Crippen LogP contribution in [-0.4, -0.2) is 250 Å². The first-order valence-electron chi connectivity index (χ1n) is 34.0. The number of hydrogen-bond donors (Lipinski definition) is 11.